The second-order valence-electron chi connectivity index (χ2n) is 5.27. The molecule has 0 aliphatic heterocycles. The topological polar surface area (TPSA) is 47.3 Å². The zero-order valence-corrected chi connectivity index (χ0v) is 13.8. The van der Waals surface area contributed by atoms with Crippen molar-refractivity contribution in [2.45, 2.75) is 26.2 Å². The number of ketones is 1. The van der Waals surface area contributed by atoms with Crippen molar-refractivity contribution in [1.82, 2.24) is 14.4 Å². The van der Waals surface area contributed by atoms with E-state index < -0.39 is 0 Å². The lowest BCUT2D eigenvalue weighted by atomic mass is 10.0. The van der Waals surface area contributed by atoms with Crippen LogP contribution in [0.3, 0.4) is 0 Å². The number of carbonyl (C=O) groups excluding carboxylic acids is 1. The molecule has 0 saturated carbocycles. The number of aromatic nitrogens is 3. The third kappa shape index (κ3) is 2.13. The molecule has 0 radical (unpaired) electrons. The second kappa shape index (κ2) is 4.74. The maximum absolute atomic E-state index is 11.9. The molecule has 6 heteroatoms. The SMILES string of the molecule is Cc1cc(Br)cn2cc(-c3nc4c(s3)C(=O)CCC4)nc12. The third-order valence-corrected chi connectivity index (χ3v) is 5.28. The first-order valence-electron chi connectivity index (χ1n) is 6.80. The van der Waals surface area contributed by atoms with Gasteiger partial charge in [-0.25, -0.2) is 9.97 Å². The number of Topliss-reactive ketones (excluding diaryl/α,β-unsaturated/α-hetero) is 1. The lowest BCUT2D eigenvalue weighted by Crippen LogP contribution is -2.07. The summed E-state index contributed by atoms with van der Waals surface area (Å²) in [6.07, 6.45) is 6.41. The minimum atomic E-state index is 0.225. The Morgan fingerprint density at radius 3 is 2.95 bits per heavy atom. The molecule has 0 spiro atoms. The van der Waals surface area contributed by atoms with Crippen molar-refractivity contribution in [2.75, 3.05) is 0 Å². The van der Waals surface area contributed by atoms with Crippen LogP contribution in [0.1, 0.15) is 33.8 Å². The van der Waals surface area contributed by atoms with Gasteiger partial charge in [-0.1, -0.05) is 0 Å². The summed E-state index contributed by atoms with van der Waals surface area (Å²) in [6.45, 7) is 2.03. The number of imidazole rings is 1. The van der Waals surface area contributed by atoms with E-state index in [0.29, 0.717) is 6.42 Å². The van der Waals surface area contributed by atoms with Crippen molar-refractivity contribution in [2.24, 2.45) is 0 Å². The van der Waals surface area contributed by atoms with Gasteiger partial charge in [0, 0.05) is 23.3 Å². The number of thiazole rings is 1. The summed E-state index contributed by atoms with van der Waals surface area (Å²) in [4.78, 5) is 22.1. The fourth-order valence-corrected chi connectivity index (χ4v) is 4.30. The first-order chi connectivity index (χ1) is 10.1. The van der Waals surface area contributed by atoms with E-state index in [0.717, 1.165) is 49.8 Å². The average molecular weight is 362 g/mol. The monoisotopic (exact) mass is 361 g/mol. The van der Waals surface area contributed by atoms with Gasteiger partial charge < -0.3 is 4.40 Å². The zero-order valence-electron chi connectivity index (χ0n) is 11.4. The van der Waals surface area contributed by atoms with Crippen molar-refractivity contribution in [3.63, 3.8) is 0 Å². The van der Waals surface area contributed by atoms with E-state index >= 15 is 0 Å². The van der Waals surface area contributed by atoms with Crippen LogP contribution in [0.2, 0.25) is 0 Å². The first-order valence-corrected chi connectivity index (χ1v) is 8.41. The number of aryl methyl sites for hydroxylation is 2. The van der Waals surface area contributed by atoms with Crippen molar-refractivity contribution < 1.29 is 4.79 Å². The van der Waals surface area contributed by atoms with Crippen molar-refractivity contribution in [3.05, 3.63) is 39.1 Å². The van der Waals surface area contributed by atoms with E-state index in [9.17, 15) is 4.79 Å². The maximum Gasteiger partial charge on any atom is 0.174 e. The van der Waals surface area contributed by atoms with E-state index in [1.165, 1.54) is 11.3 Å². The molecule has 106 valence electrons. The largest absolute Gasteiger partial charge is 0.305 e. The molecular formula is C15H12BrN3OS. The molecule has 3 aromatic heterocycles. The summed E-state index contributed by atoms with van der Waals surface area (Å²) < 4.78 is 3.02. The molecule has 3 aromatic rings. The van der Waals surface area contributed by atoms with Gasteiger partial charge in [0.05, 0.1) is 10.6 Å². The van der Waals surface area contributed by atoms with Gasteiger partial charge in [-0.05, 0) is 47.3 Å². The normalized spacial score (nSPS) is 14.7. The Hall–Kier alpha value is -1.53. The molecule has 0 N–H and O–H groups in total. The van der Waals surface area contributed by atoms with Crippen LogP contribution >= 0.6 is 27.3 Å². The van der Waals surface area contributed by atoms with Gasteiger partial charge in [0.2, 0.25) is 0 Å². The number of hydrogen-bond donors (Lipinski definition) is 0. The Bertz CT molecular complexity index is 881. The van der Waals surface area contributed by atoms with Crippen LogP contribution in [0.5, 0.6) is 0 Å². The van der Waals surface area contributed by atoms with E-state index in [1.54, 1.807) is 0 Å². The lowest BCUT2D eigenvalue weighted by molar-refractivity contribution is 0.0976. The molecule has 4 nitrogen and oxygen atoms in total. The molecule has 21 heavy (non-hydrogen) atoms. The van der Waals surface area contributed by atoms with Crippen molar-refractivity contribution in [1.29, 1.82) is 0 Å². The molecule has 0 fully saturated rings. The van der Waals surface area contributed by atoms with E-state index in [1.807, 2.05) is 29.8 Å². The van der Waals surface area contributed by atoms with E-state index in [4.69, 9.17) is 0 Å². The summed E-state index contributed by atoms with van der Waals surface area (Å²) in [7, 11) is 0. The highest BCUT2D eigenvalue weighted by molar-refractivity contribution is 9.10. The van der Waals surface area contributed by atoms with Crippen LogP contribution in [0.15, 0.2) is 22.9 Å². The highest BCUT2D eigenvalue weighted by Gasteiger charge is 2.23. The smallest absolute Gasteiger partial charge is 0.174 e. The van der Waals surface area contributed by atoms with Gasteiger partial charge in [-0.3, -0.25) is 4.79 Å². The average Bonchev–Trinajstić information content (AvgIpc) is 3.02. The Labute approximate surface area is 134 Å². The van der Waals surface area contributed by atoms with Gasteiger partial charge in [0.15, 0.2) is 5.78 Å². The summed E-state index contributed by atoms with van der Waals surface area (Å²) in [5.41, 5.74) is 3.81. The van der Waals surface area contributed by atoms with Gasteiger partial charge in [-0.2, -0.15) is 0 Å². The standard InChI is InChI=1S/C15H12BrN3OS/c1-8-5-9(16)6-19-7-11(17-14(8)19)15-18-10-3-2-4-12(20)13(10)21-15/h5-7H,2-4H2,1H3. The summed E-state index contributed by atoms with van der Waals surface area (Å²) >= 11 is 4.97. The molecule has 1 aliphatic carbocycles. The molecule has 0 amide bonds. The highest BCUT2D eigenvalue weighted by atomic mass is 79.9. The fraction of sp³-hybridized carbons (Fsp3) is 0.267. The number of carbonyl (C=O) groups is 1. The first kappa shape index (κ1) is 13.2. The lowest BCUT2D eigenvalue weighted by Gasteiger charge is -2.06. The summed E-state index contributed by atoms with van der Waals surface area (Å²) in [5.74, 6) is 0.225. The summed E-state index contributed by atoms with van der Waals surface area (Å²) in [6, 6.07) is 2.04. The van der Waals surface area contributed by atoms with Crippen molar-refractivity contribution in [3.8, 4) is 10.7 Å². The molecule has 0 atom stereocenters. The van der Waals surface area contributed by atoms with E-state index in [2.05, 4.69) is 25.9 Å². The Kier molecular flexibility index (Phi) is 2.97. The molecule has 0 bridgehead atoms. The maximum atomic E-state index is 11.9. The third-order valence-electron chi connectivity index (χ3n) is 3.69. The number of nitrogens with zero attached hydrogens (tertiary/aromatic N) is 3. The number of fused-ring (bicyclic) bond motifs is 2. The van der Waals surface area contributed by atoms with Crippen LogP contribution in [0, 0.1) is 6.92 Å². The fourth-order valence-electron chi connectivity index (χ4n) is 2.71. The van der Waals surface area contributed by atoms with Crippen molar-refractivity contribution >= 4 is 38.7 Å². The second-order valence-corrected chi connectivity index (χ2v) is 7.18. The highest BCUT2D eigenvalue weighted by Crippen LogP contribution is 2.32. The summed E-state index contributed by atoms with van der Waals surface area (Å²) in [5, 5.41) is 0.842. The molecular weight excluding hydrogens is 350 g/mol. The minimum absolute atomic E-state index is 0.225. The Balaban J connectivity index is 1.87. The zero-order chi connectivity index (χ0) is 14.6. The van der Waals surface area contributed by atoms with Crippen LogP contribution in [0.25, 0.3) is 16.3 Å². The number of halogens is 1. The molecule has 1 aliphatic rings. The van der Waals surface area contributed by atoms with Gasteiger partial charge in [0.1, 0.15) is 16.3 Å². The molecule has 0 aromatic carbocycles. The van der Waals surface area contributed by atoms with E-state index in [-0.39, 0.29) is 5.78 Å². The van der Waals surface area contributed by atoms with Crippen LogP contribution in [-0.2, 0) is 6.42 Å². The van der Waals surface area contributed by atoms with Crippen LogP contribution < -0.4 is 0 Å². The minimum Gasteiger partial charge on any atom is -0.305 e. The number of pyridine rings is 1. The molecule has 4 rings (SSSR count). The Morgan fingerprint density at radius 2 is 2.14 bits per heavy atom. The van der Waals surface area contributed by atoms with Gasteiger partial charge in [-0.15, -0.1) is 11.3 Å². The van der Waals surface area contributed by atoms with Crippen LogP contribution in [0.4, 0.5) is 0 Å². The number of hydrogen-bond acceptors (Lipinski definition) is 4. The van der Waals surface area contributed by atoms with Crippen LogP contribution in [-0.4, -0.2) is 20.2 Å². The predicted octanol–water partition coefficient (Wildman–Crippen LogP) is 4.05. The van der Waals surface area contributed by atoms with Gasteiger partial charge >= 0.3 is 0 Å². The molecule has 0 saturated heterocycles. The van der Waals surface area contributed by atoms with Gasteiger partial charge in [0.25, 0.3) is 0 Å². The predicted molar refractivity (Wildman–Crippen MR) is 86.0 cm³/mol. The Morgan fingerprint density at radius 1 is 1.29 bits per heavy atom. The quantitative estimate of drug-likeness (QED) is 0.656. The molecule has 0 unspecified atom stereocenters. The number of rotatable bonds is 1. The molecule has 3 heterocycles.